The first-order valence-electron chi connectivity index (χ1n) is 3.29. The molecule has 0 saturated carbocycles. The fourth-order valence-corrected chi connectivity index (χ4v) is 0.618. The number of hydrogen-bond donors (Lipinski definition) is 0. The lowest BCUT2D eigenvalue weighted by atomic mass is 10.2. The number of unbranched alkanes of at least 4 members (excludes halogenated alkanes) is 1. The highest BCUT2D eigenvalue weighted by atomic mass is 16.7. The lowest BCUT2D eigenvalue weighted by Crippen LogP contribution is -2.02. The summed E-state index contributed by atoms with van der Waals surface area (Å²) in [7, 11) is 0. The van der Waals surface area contributed by atoms with Gasteiger partial charge >= 0.3 is 0 Å². The average Bonchev–Trinajstić information content (AvgIpc) is 1.85. The van der Waals surface area contributed by atoms with Gasteiger partial charge in [0.25, 0.3) is 0 Å². The van der Waals surface area contributed by atoms with Gasteiger partial charge in [-0.1, -0.05) is 13.3 Å². The third kappa shape index (κ3) is 5.27. The molecule has 0 rings (SSSR count). The van der Waals surface area contributed by atoms with Crippen molar-refractivity contribution in [1.82, 2.24) is 0 Å². The molecule has 0 N–H and O–H groups in total. The van der Waals surface area contributed by atoms with Gasteiger partial charge in [-0.3, -0.25) is 0 Å². The first-order valence-corrected chi connectivity index (χ1v) is 3.29. The van der Waals surface area contributed by atoms with Crippen LogP contribution in [0.5, 0.6) is 0 Å². The van der Waals surface area contributed by atoms with E-state index in [2.05, 4.69) is 17.1 Å². The fourth-order valence-electron chi connectivity index (χ4n) is 0.618. The van der Waals surface area contributed by atoms with E-state index in [4.69, 9.17) is 0 Å². The van der Waals surface area contributed by atoms with Crippen LogP contribution in [0.15, 0.2) is 5.34 Å². The van der Waals surface area contributed by atoms with Crippen LogP contribution in [0.25, 0.3) is 0 Å². The van der Waals surface area contributed by atoms with Gasteiger partial charge in [0.15, 0.2) is 5.34 Å². The van der Waals surface area contributed by atoms with Crippen molar-refractivity contribution in [2.24, 2.45) is 5.34 Å². The molecule has 3 nitrogen and oxygen atoms in total. The average molecular weight is 131 g/mol. The summed E-state index contributed by atoms with van der Waals surface area (Å²) in [4.78, 5) is 13.9. The molecule has 0 fully saturated rings. The zero-order chi connectivity index (χ0) is 7.11. The van der Waals surface area contributed by atoms with Crippen LogP contribution in [0.1, 0.15) is 33.1 Å². The molecule has 0 aliphatic heterocycles. The largest absolute Gasteiger partial charge is 0.361 e. The van der Waals surface area contributed by atoms with E-state index >= 15 is 0 Å². The Hall–Kier alpha value is -0.600. The highest BCUT2D eigenvalue weighted by molar-refractivity contribution is 4.47. The summed E-state index contributed by atoms with van der Waals surface area (Å²) in [5, 5.41) is 2.34. The molecule has 9 heavy (non-hydrogen) atoms. The monoisotopic (exact) mass is 131 g/mol. The Morgan fingerprint density at radius 2 is 2.33 bits per heavy atom. The molecule has 0 aromatic heterocycles. The smallest absolute Gasteiger partial charge is 0.155 e. The second kappa shape index (κ2) is 5.54. The summed E-state index contributed by atoms with van der Waals surface area (Å²) in [6, 6.07) is 0. The Kier molecular flexibility index (Phi) is 5.17. The second-order valence-corrected chi connectivity index (χ2v) is 2.13. The molecular weight excluding hydrogens is 118 g/mol. The van der Waals surface area contributed by atoms with Crippen molar-refractivity contribution in [1.29, 1.82) is 0 Å². The Morgan fingerprint density at radius 1 is 1.67 bits per heavy atom. The summed E-state index contributed by atoms with van der Waals surface area (Å²) >= 11 is 0. The van der Waals surface area contributed by atoms with Gasteiger partial charge in [0, 0.05) is 0 Å². The topological polar surface area (TPSA) is 38.7 Å². The Bertz CT molecular complexity index is 75.5. The van der Waals surface area contributed by atoms with Gasteiger partial charge in [-0.15, -0.1) is 4.91 Å². The van der Waals surface area contributed by atoms with Gasteiger partial charge in [0.05, 0.1) is 0 Å². The third-order valence-electron chi connectivity index (χ3n) is 1.19. The number of rotatable bonds is 5. The zero-order valence-electron chi connectivity index (χ0n) is 5.96. The summed E-state index contributed by atoms with van der Waals surface area (Å²) in [5.74, 6) is 0. The quantitative estimate of drug-likeness (QED) is 0.424. The van der Waals surface area contributed by atoms with Gasteiger partial charge in [-0.25, -0.2) is 0 Å². The maximum absolute atomic E-state index is 9.51. The standard InChI is InChI=1S/C6H13NO2/c1-3-4-5-6(2)9-7-8/h6H,3-5H2,1-2H3. The van der Waals surface area contributed by atoms with Gasteiger partial charge in [0.2, 0.25) is 0 Å². The molecule has 0 aromatic carbocycles. The van der Waals surface area contributed by atoms with Crippen LogP contribution in [0.2, 0.25) is 0 Å². The predicted molar refractivity (Wildman–Crippen MR) is 35.9 cm³/mol. The van der Waals surface area contributed by atoms with E-state index in [0.717, 1.165) is 19.3 Å². The van der Waals surface area contributed by atoms with E-state index < -0.39 is 0 Å². The SMILES string of the molecule is CCCCC(C)ON=O. The molecule has 0 aliphatic rings. The number of hydrogen-bond acceptors (Lipinski definition) is 3. The molecular formula is C6H13NO2. The second-order valence-electron chi connectivity index (χ2n) is 2.13. The van der Waals surface area contributed by atoms with E-state index in [-0.39, 0.29) is 6.10 Å². The van der Waals surface area contributed by atoms with E-state index in [1.807, 2.05) is 6.92 Å². The first kappa shape index (κ1) is 8.40. The molecule has 0 radical (unpaired) electrons. The lowest BCUT2D eigenvalue weighted by Gasteiger charge is -2.03. The number of nitrogens with zero attached hydrogens (tertiary/aromatic N) is 1. The molecule has 3 heteroatoms. The first-order chi connectivity index (χ1) is 4.31. The van der Waals surface area contributed by atoms with Crippen LogP contribution in [0.3, 0.4) is 0 Å². The zero-order valence-corrected chi connectivity index (χ0v) is 5.96. The lowest BCUT2D eigenvalue weighted by molar-refractivity contribution is 0.0610. The summed E-state index contributed by atoms with van der Waals surface area (Å²) in [5.41, 5.74) is 0. The molecule has 0 aromatic rings. The molecule has 0 bridgehead atoms. The van der Waals surface area contributed by atoms with E-state index in [1.165, 1.54) is 0 Å². The van der Waals surface area contributed by atoms with Gasteiger partial charge in [-0.2, -0.15) is 0 Å². The minimum absolute atomic E-state index is 0.0116. The van der Waals surface area contributed by atoms with Crippen molar-refractivity contribution in [2.75, 3.05) is 0 Å². The summed E-state index contributed by atoms with van der Waals surface area (Å²) < 4.78 is 0. The van der Waals surface area contributed by atoms with Crippen LogP contribution in [-0.2, 0) is 4.84 Å². The van der Waals surface area contributed by atoms with Crippen LogP contribution in [0.4, 0.5) is 0 Å². The van der Waals surface area contributed by atoms with Gasteiger partial charge < -0.3 is 4.84 Å². The van der Waals surface area contributed by atoms with E-state index in [1.54, 1.807) is 0 Å². The predicted octanol–water partition coefficient (Wildman–Crippen LogP) is 2.26. The highest BCUT2D eigenvalue weighted by Gasteiger charge is 1.99. The Labute approximate surface area is 55.3 Å². The van der Waals surface area contributed by atoms with Crippen molar-refractivity contribution in [3.05, 3.63) is 4.91 Å². The van der Waals surface area contributed by atoms with Crippen LogP contribution < -0.4 is 0 Å². The Balaban J connectivity index is 3.04. The van der Waals surface area contributed by atoms with Crippen LogP contribution in [0, 0.1) is 4.91 Å². The van der Waals surface area contributed by atoms with Gasteiger partial charge in [0.1, 0.15) is 6.10 Å². The molecule has 0 heterocycles. The minimum Gasteiger partial charge on any atom is -0.361 e. The fraction of sp³-hybridized carbons (Fsp3) is 1.00. The maximum atomic E-state index is 9.51. The molecule has 1 atom stereocenters. The molecule has 54 valence electrons. The minimum atomic E-state index is -0.0116. The van der Waals surface area contributed by atoms with E-state index in [0.29, 0.717) is 0 Å². The summed E-state index contributed by atoms with van der Waals surface area (Å²) in [6.45, 7) is 3.94. The van der Waals surface area contributed by atoms with Crippen molar-refractivity contribution in [3.63, 3.8) is 0 Å². The van der Waals surface area contributed by atoms with Crippen LogP contribution >= 0.6 is 0 Å². The van der Waals surface area contributed by atoms with Crippen LogP contribution in [-0.4, -0.2) is 6.10 Å². The highest BCUT2D eigenvalue weighted by Crippen LogP contribution is 2.03. The van der Waals surface area contributed by atoms with E-state index in [9.17, 15) is 4.91 Å². The van der Waals surface area contributed by atoms with Crippen molar-refractivity contribution < 1.29 is 4.84 Å². The van der Waals surface area contributed by atoms with Crippen molar-refractivity contribution in [3.8, 4) is 0 Å². The molecule has 0 spiro atoms. The molecule has 1 unspecified atom stereocenters. The van der Waals surface area contributed by atoms with Gasteiger partial charge in [-0.05, 0) is 19.8 Å². The third-order valence-corrected chi connectivity index (χ3v) is 1.19. The normalized spacial score (nSPS) is 12.7. The van der Waals surface area contributed by atoms with Crippen molar-refractivity contribution in [2.45, 2.75) is 39.2 Å². The molecule has 0 aliphatic carbocycles. The summed E-state index contributed by atoms with van der Waals surface area (Å²) in [6.07, 6.45) is 3.13. The van der Waals surface area contributed by atoms with Crippen molar-refractivity contribution >= 4 is 0 Å². The molecule has 0 saturated heterocycles. The maximum Gasteiger partial charge on any atom is 0.155 e. The Morgan fingerprint density at radius 3 is 2.78 bits per heavy atom. The molecule has 0 amide bonds.